The highest BCUT2D eigenvalue weighted by Gasteiger charge is 2.33. The summed E-state index contributed by atoms with van der Waals surface area (Å²) in [6, 6.07) is 0.754. The highest BCUT2D eigenvalue weighted by Crippen LogP contribution is 2.34. The molecule has 21 heavy (non-hydrogen) atoms. The summed E-state index contributed by atoms with van der Waals surface area (Å²) in [6.07, 6.45) is 9.59. The van der Waals surface area contributed by atoms with Crippen LogP contribution in [0.15, 0.2) is 0 Å². The van der Waals surface area contributed by atoms with Gasteiger partial charge in [0, 0.05) is 32.2 Å². The Hall–Kier alpha value is -0.160. The van der Waals surface area contributed by atoms with Crippen LogP contribution in [0.1, 0.15) is 44.9 Å². The summed E-state index contributed by atoms with van der Waals surface area (Å²) in [6.45, 7) is 6.48. The number of β-amino-alcohol motifs (C(OH)–C–C–N with tert-alkyl or cyclic N) is 1. The molecule has 0 radical (unpaired) electrons. The van der Waals surface area contributed by atoms with Gasteiger partial charge in [0.25, 0.3) is 0 Å². The normalized spacial score (nSPS) is 31.6. The van der Waals surface area contributed by atoms with E-state index in [1.165, 1.54) is 51.5 Å². The molecule has 0 amide bonds. The summed E-state index contributed by atoms with van der Waals surface area (Å²) in [5.41, 5.74) is 0. The van der Waals surface area contributed by atoms with Crippen LogP contribution in [-0.4, -0.2) is 73.0 Å². The average molecular weight is 296 g/mol. The van der Waals surface area contributed by atoms with Crippen molar-refractivity contribution in [2.24, 2.45) is 5.92 Å². The van der Waals surface area contributed by atoms with Crippen molar-refractivity contribution in [3.8, 4) is 0 Å². The minimum absolute atomic E-state index is 0.202. The third-order valence-electron chi connectivity index (χ3n) is 5.63. The molecule has 3 rings (SSSR count). The number of rotatable bonds is 5. The molecule has 1 N–H and O–H groups in total. The van der Waals surface area contributed by atoms with E-state index < -0.39 is 0 Å². The van der Waals surface area contributed by atoms with E-state index in [2.05, 4.69) is 9.80 Å². The standard InChI is InChI=1S/C17H32N2O2/c20-16(13-18-9-11-21-12-10-18)14-19-8-4-7-17(19)15-5-2-1-3-6-15/h15-17,20H,1-14H2. The summed E-state index contributed by atoms with van der Waals surface area (Å²) in [5.74, 6) is 0.900. The topological polar surface area (TPSA) is 35.9 Å². The fraction of sp³-hybridized carbons (Fsp3) is 1.00. The molecule has 1 aliphatic carbocycles. The third-order valence-corrected chi connectivity index (χ3v) is 5.63. The van der Waals surface area contributed by atoms with Gasteiger partial charge in [-0.15, -0.1) is 0 Å². The van der Waals surface area contributed by atoms with Crippen molar-refractivity contribution < 1.29 is 9.84 Å². The summed E-state index contributed by atoms with van der Waals surface area (Å²) in [7, 11) is 0. The van der Waals surface area contributed by atoms with Gasteiger partial charge >= 0.3 is 0 Å². The lowest BCUT2D eigenvalue weighted by molar-refractivity contribution is 0.00293. The third kappa shape index (κ3) is 4.41. The van der Waals surface area contributed by atoms with E-state index in [1.807, 2.05) is 0 Å². The fourth-order valence-corrected chi connectivity index (χ4v) is 4.54. The van der Waals surface area contributed by atoms with Crippen LogP contribution < -0.4 is 0 Å². The van der Waals surface area contributed by atoms with Gasteiger partial charge in [0.2, 0.25) is 0 Å². The summed E-state index contributed by atoms with van der Waals surface area (Å²) in [5, 5.41) is 10.5. The minimum atomic E-state index is -0.202. The largest absolute Gasteiger partial charge is 0.390 e. The molecule has 0 aromatic rings. The smallest absolute Gasteiger partial charge is 0.0793 e. The highest BCUT2D eigenvalue weighted by molar-refractivity contribution is 4.88. The molecule has 0 bridgehead atoms. The monoisotopic (exact) mass is 296 g/mol. The first-order valence-corrected chi connectivity index (χ1v) is 9.05. The summed E-state index contributed by atoms with van der Waals surface area (Å²) in [4.78, 5) is 4.95. The molecule has 2 unspecified atom stereocenters. The van der Waals surface area contributed by atoms with Gasteiger partial charge in [-0.25, -0.2) is 0 Å². The molecular formula is C17H32N2O2. The molecule has 2 heterocycles. The van der Waals surface area contributed by atoms with Crippen molar-refractivity contribution in [2.45, 2.75) is 57.1 Å². The zero-order chi connectivity index (χ0) is 14.5. The van der Waals surface area contributed by atoms with Crippen LogP contribution >= 0.6 is 0 Å². The Morgan fingerprint density at radius 3 is 2.43 bits per heavy atom. The van der Waals surface area contributed by atoms with Gasteiger partial charge in [-0.3, -0.25) is 9.80 Å². The zero-order valence-electron chi connectivity index (χ0n) is 13.4. The van der Waals surface area contributed by atoms with E-state index in [1.54, 1.807) is 0 Å². The fourth-order valence-electron chi connectivity index (χ4n) is 4.54. The second-order valence-corrected chi connectivity index (χ2v) is 7.17. The molecule has 122 valence electrons. The second-order valence-electron chi connectivity index (χ2n) is 7.17. The van der Waals surface area contributed by atoms with Gasteiger partial charge in [0.15, 0.2) is 0 Å². The number of aliphatic hydroxyl groups excluding tert-OH is 1. The molecular weight excluding hydrogens is 264 g/mol. The molecule has 4 nitrogen and oxygen atoms in total. The van der Waals surface area contributed by atoms with Crippen LogP contribution in [0.5, 0.6) is 0 Å². The van der Waals surface area contributed by atoms with Gasteiger partial charge in [0.05, 0.1) is 19.3 Å². The molecule has 3 fully saturated rings. The van der Waals surface area contributed by atoms with Crippen LogP contribution in [-0.2, 0) is 4.74 Å². The van der Waals surface area contributed by atoms with Crippen molar-refractivity contribution in [3.63, 3.8) is 0 Å². The first kappa shape index (κ1) is 15.7. The quantitative estimate of drug-likeness (QED) is 0.838. The number of nitrogens with zero attached hydrogens (tertiary/aromatic N) is 2. The lowest BCUT2D eigenvalue weighted by atomic mass is 9.83. The van der Waals surface area contributed by atoms with Crippen LogP contribution in [0.3, 0.4) is 0 Å². The van der Waals surface area contributed by atoms with Gasteiger partial charge in [-0.05, 0) is 38.1 Å². The van der Waals surface area contributed by atoms with Gasteiger partial charge in [-0.2, -0.15) is 0 Å². The maximum absolute atomic E-state index is 10.5. The van der Waals surface area contributed by atoms with Gasteiger partial charge in [-0.1, -0.05) is 19.3 Å². The molecule has 0 aromatic carbocycles. The SMILES string of the molecule is OC(CN1CCOCC1)CN1CCCC1C1CCCCC1. The van der Waals surface area contributed by atoms with Crippen LogP contribution in [0.2, 0.25) is 0 Å². The highest BCUT2D eigenvalue weighted by atomic mass is 16.5. The minimum Gasteiger partial charge on any atom is -0.390 e. The predicted octanol–water partition coefficient (Wildman–Crippen LogP) is 1.72. The molecule has 4 heteroatoms. The molecule has 1 saturated carbocycles. The number of likely N-dealkylation sites (tertiary alicyclic amines) is 1. The molecule has 0 spiro atoms. The lowest BCUT2D eigenvalue weighted by Gasteiger charge is -2.36. The van der Waals surface area contributed by atoms with Crippen LogP contribution in [0.4, 0.5) is 0 Å². The van der Waals surface area contributed by atoms with E-state index in [-0.39, 0.29) is 6.10 Å². The van der Waals surface area contributed by atoms with Crippen molar-refractivity contribution in [2.75, 3.05) is 45.9 Å². The van der Waals surface area contributed by atoms with E-state index in [0.717, 1.165) is 51.4 Å². The van der Waals surface area contributed by atoms with E-state index in [4.69, 9.17) is 4.74 Å². The summed E-state index contributed by atoms with van der Waals surface area (Å²) < 4.78 is 5.38. The maximum atomic E-state index is 10.5. The Balaban J connectivity index is 1.45. The van der Waals surface area contributed by atoms with Crippen molar-refractivity contribution >= 4 is 0 Å². The Bertz CT molecular complexity index is 301. The van der Waals surface area contributed by atoms with Crippen LogP contribution in [0, 0.1) is 5.92 Å². The first-order chi connectivity index (χ1) is 10.3. The molecule has 2 saturated heterocycles. The van der Waals surface area contributed by atoms with Crippen LogP contribution in [0.25, 0.3) is 0 Å². The number of hydrogen-bond acceptors (Lipinski definition) is 4. The van der Waals surface area contributed by atoms with Gasteiger partial charge < -0.3 is 9.84 Å². The van der Waals surface area contributed by atoms with Crippen molar-refractivity contribution in [1.82, 2.24) is 9.80 Å². The number of ether oxygens (including phenoxy) is 1. The Morgan fingerprint density at radius 1 is 0.905 bits per heavy atom. The summed E-state index contributed by atoms with van der Waals surface area (Å²) >= 11 is 0. The van der Waals surface area contributed by atoms with Gasteiger partial charge in [0.1, 0.15) is 0 Å². The molecule has 2 atom stereocenters. The molecule has 3 aliphatic rings. The van der Waals surface area contributed by atoms with E-state index in [0.29, 0.717) is 0 Å². The average Bonchev–Trinajstić information content (AvgIpc) is 2.97. The number of morpholine rings is 1. The number of hydrogen-bond donors (Lipinski definition) is 1. The molecule has 0 aromatic heterocycles. The first-order valence-electron chi connectivity index (χ1n) is 9.05. The lowest BCUT2D eigenvalue weighted by Crippen LogP contribution is -2.46. The predicted molar refractivity (Wildman–Crippen MR) is 84.4 cm³/mol. The van der Waals surface area contributed by atoms with E-state index in [9.17, 15) is 5.11 Å². The second kappa shape index (κ2) is 7.91. The Kier molecular flexibility index (Phi) is 5.92. The van der Waals surface area contributed by atoms with Crippen molar-refractivity contribution in [3.05, 3.63) is 0 Å². The van der Waals surface area contributed by atoms with E-state index >= 15 is 0 Å². The Labute approximate surface area is 129 Å². The maximum Gasteiger partial charge on any atom is 0.0793 e. The number of aliphatic hydroxyl groups is 1. The van der Waals surface area contributed by atoms with Crippen molar-refractivity contribution in [1.29, 1.82) is 0 Å². The Morgan fingerprint density at radius 2 is 1.67 bits per heavy atom. The zero-order valence-corrected chi connectivity index (χ0v) is 13.4. The molecule has 2 aliphatic heterocycles.